The average molecular weight is 566 g/mol. The van der Waals surface area contributed by atoms with E-state index in [1.54, 1.807) is 67.6 Å². The predicted octanol–water partition coefficient (Wildman–Crippen LogP) is 6.14. The number of rotatable bonds is 3. The summed E-state index contributed by atoms with van der Waals surface area (Å²) in [6.45, 7) is 1.61. The van der Waals surface area contributed by atoms with Gasteiger partial charge in [0.25, 0.3) is 5.91 Å². The Hall–Kier alpha value is -4.71. The molecule has 2 N–H and O–H groups in total. The van der Waals surface area contributed by atoms with Crippen LogP contribution in [0, 0.1) is 23.0 Å². The maximum absolute atomic E-state index is 15.6. The van der Waals surface area contributed by atoms with Crippen LogP contribution in [0.5, 0.6) is 0 Å². The Kier molecular flexibility index (Phi) is 8.53. The van der Waals surface area contributed by atoms with Gasteiger partial charge in [-0.3, -0.25) is 9.63 Å². The topological polar surface area (TPSA) is 91.2 Å². The summed E-state index contributed by atoms with van der Waals surface area (Å²) in [7, 11) is 0. The highest BCUT2D eigenvalue weighted by molar-refractivity contribution is 5.96. The molecule has 0 spiro atoms. The molecular formula is C34H29F2N3O3. The van der Waals surface area contributed by atoms with E-state index in [-0.39, 0.29) is 19.4 Å². The fraction of sp³-hybridized carbons (Fsp3) is 0.206. The van der Waals surface area contributed by atoms with Crippen LogP contribution in [0.15, 0.2) is 84.9 Å². The van der Waals surface area contributed by atoms with Gasteiger partial charge in [-0.2, -0.15) is 10.7 Å². The summed E-state index contributed by atoms with van der Waals surface area (Å²) in [4.78, 5) is 31.6. The Labute approximate surface area is 242 Å². The molecule has 0 saturated carbocycles. The SMILES string of the molecule is CC1(C=O)Cc2cccc(c2F)CCC(c2ccc(F)cc2)NC(=O)c2cc(cc(-c3ccccc3C#N)c2)CON1. The molecule has 0 saturated heterocycles. The lowest BCUT2D eigenvalue weighted by atomic mass is 9.91. The molecule has 212 valence electrons. The monoisotopic (exact) mass is 565 g/mol. The Morgan fingerprint density at radius 2 is 1.71 bits per heavy atom. The van der Waals surface area contributed by atoms with Crippen LogP contribution >= 0.6 is 0 Å². The van der Waals surface area contributed by atoms with Crippen LogP contribution < -0.4 is 10.8 Å². The van der Waals surface area contributed by atoms with E-state index in [2.05, 4.69) is 16.9 Å². The van der Waals surface area contributed by atoms with Crippen molar-refractivity contribution in [1.82, 2.24) is 10.8 Å². The second-order valence-electron chi connectivity index (χ2n) is 10.7. The molecule has 8 heteroatoms. The van der Waals surface area contributed by atoms with Crippen molar-refractivity contribution >= 4 is 12.2 Å². The summed E-state index contributed by atoms with van der Waals surface area (Å²) in [5.74, 6) is -1.22. The molecule has 1 aliphatic rings. The van der Waals surface area contributed by atoms with Crippen molar-refractivity contribution in [3.8, 4) is 17.2 Å². The maximum Gasteiger partial charge on any atom is 0.251 e. The van der Waals surface area contributed by atoms with Gasteiger partial charge in [0.05, 0.1) is 29.8 Å². The Morgan fingerprint density at radius 3 is 2.48 bits per heavy atom. The molecule has 0 aromatic heterocycles. The zero-order valence-corrected chi connectivity index (χ0v) is 23.0. The van der Waals surface area contributed by atoms with E-state index in [9.17, 15) is 19.2 Å². The maximum atomic E-state index is 15.6. The third-order valence-electron chi connectivity index (χ3n) is 7.41. The summed E-state index contributed by atoms with van der Waals surface area (Å²) in [6, 6.07) is 24.8. The number of hydroxylamine groups is 1. The number of aryl methyl sites for hydroxylation is 1. The number of carbonyl (C=O) groups excluding carboxylic acids is 2. The first-order chi connectivity index (χ1) is 20.3. The van der Waals surface area contributed by atoms with Gasteiger partial charge in [0.1, 0.15) is 17.9 Å². The number of halogens is 2. The molecular weight excluding hydrogens is 536 g/mol. The van der Waals surface area contributed by atoms with Gasteiger partial charge in [0.15, 0.2) is 0 Å². The molecule has 0 aliphatic carbocycles. The Morgan fingerprint density at radius 1 is 0.976 bits per heavy atom. The van der Waals surface area contributed by atoms with E-state index < -0.39 is 29.1 Å². The zero-order chi connectivity index (χ0) is 29.7. The smallest absolute Gasteiger partial charge is 0.251 e. The van der Waals surface area contributed by atoms with Gasteiger partial charge in [-0.1, -0.05) is 48.5 Å². The highest BCUT2D eigenvalue weighted by Gasteiger charge is 2.27. The van der Waals surface area contributed by atoms with Crippen molar-refractivity contribution in [3.05, 3.63) is 130 Å². The van der Waals surface area contributed by atoms with Gasteiger partial charge in [-0.25, -0.2) is 8.78 Å². The summed E-state index contributed by atoms with van der Waals surface area (Å²) in [5, 5.41) is 12.7. The van der Waals surface area contributed by atoms with Crippen LogP contribution in [0.25, 0.3) is 11.1 Å². The van der Waals surface area contributed by atoms with Crippen LogP contribution in [0.4, 0.5) is 8.78 Å². The Bertz CT molecular complexity index is 1670. The number of hydrogen-bond donors (Lipinski definition) is 2. The van der Waals surface area contributed by atoms with Gasteiger partial charge < -0.3 is 10.1 Å². The molecule has 2 atom stereocenters. The number of nitrogens with one attached hydrogen (secondary N) is 2. The van der Waals surface area contributed by atoms with Crippen molar-refractivity contribution < 1.29 is 23.2 Å². The van der Waals surface area contributed by atoms with Crippen LogP contribution in [-0.4, -0.2) is 17.7 Å². The summed E-state index contributed by atoms with van der Waals surface area (Å²) < 4.78 is 29.3. The van der Waals surface area contributed by atoms with Crippen molar-refractivity contribution in [2.75, 3.05) is 0 Å². The van der Waals surface area contributed by atoms with E-state index in [1.165, 1.54) is 12.1 Å². The standard InChI is InChI=1S/C34H29F2N3O3/c1-34(21-40)18-25-7-4-6-24(32(25)36)11-14-31(23-9-12-29(35)13-10-23)38-33(41)28-16-22(20-42-39-34)15-27(17-28)30-8-3-2-5-26(30)19-37/h2-10,12-13,15-17,21,31,39H,11,14,18,20H2,1H3,(H,38,41). The molecule has 4 aromatic carbocycles. The second-order valence-corrected chi connectivity index (χ2v) is 10.7. The van der Waals surface area contributed by atoms with Crippen LogP contribution in [-0.2, 0) is 29.1 Å². The lowest BCUT2D eigenvalue weighted by Gasteiger charge is -2.26. The minimum atomic E-state index is -1.22. The van der Waals surface area contributed by atoms with Gasteiger partial charge in [0, 0.05) is 12.0 Å². The molecule has 6 nitrogen and oxygen atoms in total. The number of nitriles is 1. The number of hydrogen-bond acceptors (Lipinski definition) is 5. The zero-order valence-electron chi connectivity index (χ0n) is 23.0. The molecule has 42 heavy (non-hydrogen) atoms. The average Bonchev–Trinajstić information content (AvgIpc) is 3.00. The highest BCUT2D eigenvalue weighted by Crippen LogP contribution is 2.28. The molecule has 2 unspecified atom stereocenters. The summed E-state index contributed by atoms with van der Waals surface area (Å²) in [5.41, 5.74) is 5.71. The summed E-state index contributed by atoms with van der Waals surface area (Å²) in [6.07, 6.45) is 1.36. The molecule has 0 fully saturated rings. The number of nitrogens with zero attached hydrogens (tertiary/aromatic N) is 1. The molecule has 4 bridgehead atoms. The first kappa shape index (κ1) is 28.8. The molecule has 1 amide bonds. The van der Waals surface area contributed by atoms with E-state index >= 15 is 4.39 Å². The van der Waals surface area contributed by atoms with Crippen molar-refractivity contribution in [2.45, 2.75) is 44.4 Å². The molecule has 4 aromatic rings. The predicted molar refractivity (Wildman–Crippen MR) is 154 cm³/mol. The number of fused-ring (bicyclic) bond motifs is 4. The second kappa shape index (κ2) is 12.4. The number of carbonyl (C=O) groups is 2. The third-order valence-corrected chi connectivity index (χ3v) is 7.41. The van der Waals surface area contributed by atoms with Gasteiger partial charge in [0.2, 0.25) is 0 Å². The summed E-state index contributed by atoms with van der Waals surface area (Å²) >= 11 is 0. The van der Waals surface area contributed by atoms with Crippen LogP contribution in [0.3, 0.4) is 0 Å². The lowest BCUT2D eigenvalue weighted by Crippen LogP contribution is -2.46. The number of benzene rings is 4. The minimum absolute atomic E-state index is 0.0177. The highest BCUT2D eigenvalue weighted by atomic mass is 19.1. The first-order valence-corrected chi connectivity index (χ1v) is 13.6. The normalized spacial score (nSPS) is 19.4. The van der Waals surface area contributed by atoms with Gasteiger partial charge >= 0.3 is 0 Å². The molecule has 1 aliphatic heterocycles. The van der Waals surface area contributed by atoms with Crippen LogP contribution in [0.1, 0.15) is 57.6 Å². The number of aldehydes is 1. The van der Waals surface area contributed by atoms with Gasteiger partial charge in [-0.15, -0.1) is 0 Å². The van der Waals surface area contributed by atoms with Gasteiger partial charge in [-0.05, 0) is 89.5 Å². The largest absolute Gasteiger partial charge is 0.345 e. The minimum Gasteiger partial charge on any atom is -0.345 e. The molecule has 1 heterocycles. The van der Waals surface area contributed by atoms with E-state index in [0.29, 0.717) is 57.2 Å². The first-order valence-electron chi connectivity index (χ1n) is 13.6. The van der Waals surface area contributed by atoms with Crippen molar-refractivity contribution in [3.63, 3.8) is 0 Å². The number of amides is 1. The Balaban J connectivity index is 1.59. The lowest BCUT2D eigenvalue weighted by molar-refractivity contribution is -0.120. The third kappa shape index (κ3) is 6.44. The van der Waals surface area contributed by atoms with E-state index in [0.717, 1.165) is 0 Å². The fourth-order valence-electron chi connectivity index (χ4n) is 5.20. The van der Waals surface area contributed by atoms with E-state index in [4.69, 9.17) is 4.84 Å². The van der Waals surface area contributed by atoms with Crippen molar-refractivity contribution in [2.24, 2.45) is 0 Å². The molecule has 5 rings (SSSR count). The fourth-order valence-corrected chi connectivity index (χ4v) is 5.20. The van der Waals surface area contributed by atoms with Crippen molar-refractivity contribution in [1.29, 1.82) is 5.26 Å². The molecule has 0 radical (unpaired) electrons. The quantitative estimate of drug-likeness (QED) is 0.291. The van der Waals surface area contributed by atoms with Crippen LogP contribution in [0.2, 0.25) is 0 Å². The van der Waals surface area contributed by atoms with E-state index in [1.807, 2.05) is 12.1 Å².